The van der Waals surface area contributed by atoms with E-state index in [0.29, 0.717) is 23.7 Å². The van der Waals surface area contributed by atoms with Gasteiger partial charge < -0.3 is 19.7 Å². The van der Waals surface area contributed by atoms with E-state index < -0.39 is 0 Å². The fraction of sp³-hybridized carbons (Fsp3) is 0.357. The summed E-state index contributed by atoms with van der Waals surface area (Å²) in [6.07, 6.45) is 0. The molecule has 2 rings (SSSR count). The van der Waals surface area contributed by atoms with Gasteiger partial charge in [0.05, 0.1) is 19.5 Å². The average molecular weight is 260 g/mol. The summed E-state index contributed by atoms with van der Waals surface area (Å²) in [6.45, 7) is 7.16. The first kappa shape index (κ1) is 13.1. The fourth-order valence-corrected chi connectivity index (χ4v) is 1.96. The molecule has 1 fully saturated rings. The maximum absolute atomic E-state index is 7.09. The standard InChI is InChI=1S/C14H17N3O2/c1-11-16-5-6-17(11)7-8-19-13-4-3-12(10-15)9-14(13)18-2/h3-4,9,16H,1,5-8H2,2H3/p+1. The Hall–Kier alpha value is -2.35. The molecule has 1 aliphatic heterocycles. The topological polar surface area (TPSA) is 57.5 Å². The van der Waals surface area contributed by atoms with E-state index in [-0.39, 0.29) is 0 Å². The number of rotatable bonds is 5. The van der Waals surface area contributed by atoms with Gasteiger partial charge in [-0.1, -0.05) is 11.8 Å². The van der Waals surface area contributed by atoms with Gasteiger partial charge in [0, 0.05) is 19.2 Å². The molecule has 0 radical (unpaired) electrons. The van der Waals surface area contributed by atoms with Gasteiger partial charge in [0.15, 0.2) is 11.5 Å². The third kappa shape index (κ3) is 3.10. The van der Waals surface area contributed by atoms with Crippen LogP contribution in [0.15, 0.2) is 30.6 Å². The lowest BCUT2D eigenvalue weighted by molar-refractivity contribution is -0.0909. The Morgan fingerprint density at radius 1 is 1.47 bits per heavy atom. The highest BCUT2D eigenvalue weighted by Gasteiger charge is 2.14. The smallest absolute Gasteiger partial charge is 0.308 e. The van der Waals surface area contributed by atoms with Crippen LogP contribution in [0.1, 0.15) is 5.56 Å². The van der Waals surface area contributed by atoms with Crippen molar-refractivity contribution in [3.8, 4) is 17.6 Å². The molecule has 0 amide bonds. The molecule has 5 nitrogen and oxygen atoms in total. The maximum atomic E-state index is 7.09. The molecule has 0 aromatic heterocycles. The predicted molar refractivity (Wildman–Crippen MR) is 71.2 cm³/mol. The summed E-state index contributed by atoms with van der Waals surface area (Å²) in [5.74, 6) is 2.25. The first-order valence-electron chi connectivity index (χ1n) is 6.16. The Balaban J connectivity index is 1.92. The highest BCUT2D eigenvalue weighted by molar-refractivity contribution is 5.46. The summed E-state index contributed by atoms with van der Waals surface area (Å²) in [5, 5.41) is 10.3. The molecule has 100 valence electrons. The molecule has 1 aromatic rings. The van der Waals surface area contributed by atoms with Gasteiger partial charge in [-0.25, -0.2) is 0 Å². The lowest BCUT2D eigenvalue weighted by Crippen LogP contribution is -2.25. The van der Waals surface area contributed by atoms with Gasteiger partial charge in [0.2, 0.25) is 0 Å². The van der Waals surface area contributed by atoms with Gasteiger partial charge in [0.25, 0.3) is 0 Å². The Morgan fingerprint density at radius 2 is 2.32 bits per heavy atom. The molecule has 19 heavy (non-hydrogen) atoms. The van der Waals surface area contributed by atoms with Crippen molar-refractivity contribution in [3.63, 3.8) is 0 Å². The van der Waals surface area contributed by atoms with Crippen LogP contribution in [-0.4, -0.2) is 38.3 Å². The third-order valence-corrected chi connectivity index (χ3v) is 3.02. The summed E-state index contributed by atoms with van der Waals surface area (Å²) in [4.78, 5) is 2.15. The van der Waals surface area contributed by atoms with Crippen molar-refractivity contribution in [2.45, 2.75) is 0 Å². The van der Waals surface area contributed by atoms with Gasteiger partial charge in [-0.3, -0.25) is 0 Å². The van der Waals surface area contributed by atoms with E-state index in [4.69, 9.17) is 14.7 Å². The Morgan fingerprint density at radius 3 is 2.95 bits per heavy atom. The summed E-state index contributed by atoms with van der Waals surface area (Å²) in [5.41, 5.74) is 0.668. The van der Waals surface area contributed by atoms with Crippen molar-refractivity contribution in [2.75, 3.05) is 33.4 Å². The molecule has 0 bridgehead atoms. The first-order chi connectivity index (χ1) is 9.24. The van der Waals surface area contributed by atoms with E-state index in [1.165, 1.54) is 0 Å². The summed E-state index contributed by atoms with van der Waals surface area (Å²) in [7, 11) is 1.59. The van der Waals surface area contributed by atoms with Gasteiger partial charge in [-0.2, -0.15) is 0 Å². The summed E-state index contributed by atoms with van der Waals surface area (Å²) in [6, 6.07) is 7.63. The number of nitrogens with zero attached hydrogens (tertiary/aromatic N) is 1. The van der Waals surface area contributed by atoms with Crippen LogP contribution in [0.25, 0.3) is 0 Å². The molecule has 5 heteroatoms. The van der Waals surface area contributed by atoms with Crippen LogP contribution in [-0.2, 0) is 0 Å². The van der Waals surface area contributed by atoms with Crippen molar-refractivity contribution < 1.29 is 14.7 Å². The normalized spacial score (nSPS) is 13.9. The van der Waals surface area contributed by atoms with Crippen molar-refractivity contribution in [1.29, 1.82) is 0 Å². The molecule has 2 N–H and O–H groups in total. The number of methoxy groups -OCH3 is 1. The molecule has 1 aliphatic rings. The van der Waals surface area contributed by atoms with Gasteiger partial charge in [0.1, 0.15) is 12.2 Å². The zero-order valence-corrected chi connectivity index (χ0v) is 11.0. The van der Waals surface area contributed by atoms with E-state index in [1.807, 2.05) is 0 Å². The van der Waals surface area contributed by atoms with Crippen LogP contribution in [0, 0.1) is 6.07 Å². The molecule has 0 unspecified atom stereocenters. The quantitative estimate of drug-likeness (QED) is 0.754. The number of benzene rings is 1. The van der Waals surface area contributed by atoms with Gasteiger partial charge in [-0.15, -0.1) is 0 Å². The Bertz CT molecular complexity index is 508. The molecule has 1 heterocycles. The molecular weight excluding hydrogens is 242 g/mol. The minimum absolute atomic E-state index is 0.560. The predicted octanol–water partition coefficient (Wildman–Crippen LogP) is -0.429. The molecular formula is C14H18N3O2+. The largest absolute Gasteiger partial charge is 0.493 e. The van der Waals surface area contributed by atoms with Crippen molar-refractivity contribution >= 4 is 0 Å². The lowest BCUT2D eigenvalue weighted by Gasteiger charge is -2.18. The Kier molecular flexibility index (Phi) is 4.14. The molecule has 0 saturated carbocycles. The molecule has 0 atom stereocenters. The minimum Gasteiger partial charge on any atom is -0.493 e. The fourth-order valence-electron chi connectivity index (χ4n) is 1.96. The summed E-state index contributed by atoms with van der Waals surface area (Å²) < 4.78 is 11.0. The maximum Gasteiger partial charge on any atom is 0.308 e. The van der Waals surface area contributed by atoms with Crippen molar-refractivity contribution in [3.05, 3.63) is 36.2 Å². The van der Waals surface area contributed by atoms with Crippen LogP contribution in [0.4, 0.5) is 0 Å². The van der Waals surface area contributed by atoms with Crippen LogP contribution in [0.2, 0.25) is 0 Å². The van der Waals surface area contributed by atoms with Crippen molar-refractivity contribution in [2.24, 2.45) is 0 Å². The van der Waals surface area contributed by atoms with Crippen LogP contribution in [0.3, 0.4) is 0 Å². The van der Waals surface area contributed by atoms with E-state index in [9.17, 15) is 0 Å². The van der Waals surface area contributed by atoms with Crippen molar-refractivity contribution in [1.82, 2.24) is 10.2 Å². The number of ether oxygens (including phenoxy) is 2. The van der Waals surface area contributed by atoms with E-state index in [0.717, 1.165) is 25.5 Å². The minimum atomic E-state index is 0.560. The number of hydrogen-bond acceptors (Lipinski definition) is 4. The van der Waals surface area contributed by atoms with E-state index in [1.54, 1.807) is 25.3 Å². The molecule has 0 aliphatic carbocycles. The lowest BCUT2D eigenvalue weighted by atomic mass is 10.2. The highest BCUT2D eigenvalue weighted by atomic mass is 16.5. The SMILES string of the molecule is C=C1NCCN1CCOc1ccc(C#[NH+])cc1OC. The first-order valence-corrected chi connectivity index (χ1v) is 6.16. The summed E-state index contributed by atoms with van der Waals surface area (Å²) >= 11 is 0. The highest BCUT2D eigenvalue weighted by Crippen LogP contribution is 2.27. The van der Waals surface area contributed by atoms with Gasteiger partial charge in [-0.05, 0) is 12.1 Å². The third-order valence-electron chi connectivity index (χ3n) is 3.02. The van der Waals surface area contributed by atoms with Gasteiger partial charge >= 0.3 is 6.07 Å². The second kappa shape index (κ2) is 6.01. The average Bonchev–Trinajstić information content (AvgIpc) is 2.84. The molecule has 1 aromatic carbocycles. The van der Waals surface area contributed by atoms with Crippen LogP contribution >= 0.6 is 0 Å². The van der Waals surface area contributed by atoms with Crippen LogP contribution in [0.5, 0.6) is 11.5 Å². The second-order valence-electron chi connectivity index (χ2n) is 4.20. The zero-order chi connectivity index (χ0) is 13.7. The number of nitrogens with one attached hydrogen (secondary N) is 2. The number of hydrogen-bond donors (Lipinski definition) is 2. The van der Waals surface area contributed by atoms with Crippen LogP contribution < -0.4 is 20.1 Å². The second-order valence-corrected chi connectivity index (χ2v) is 4.20. The monoisotopic (exact) mass is 260 g/mol. The zero-order valence-electron chi connectivity index (χ0n) is 11.0. The molecule has 1 saturated heterocycles. The molecule has 0 spiro atoms. The van der Waals surface area contributed by atoms with E-state index >= 15 is 0 Å². The van der Waals surface area contributed by atoms with E-state index in [2.05, 4.69) is 22.9 Å². The Labute approximate surface area is 113 Å².